The third kappa shape index (κ3) is 7.14. The zero-order valence-corrected chi connectivity index (χ0v) is 21.0. The van der Waals surface area contributed by atoms with Gasteiger partial charge in [-0.05, 0) is 45.2 Å². The van der Waals surface area contributed by atoms with Gasteiger partial charge in [0.1, 0.15) is 0 Å². The molecule has 30 heavy (non-hydrogen) atoms. The van der Waals surface area contributed by atoms with Crippen LogP contribution in [0.4, 0.5) is 5.69 Å². The first-order valence-electron chi connectivity index (χ1n) is 10.7. The lowest BCUT2D eigenvalue weighted by Gasteiger charge is -2.25. The Labute approximate surface area is 197 Å². The molecule has 0 fully saturated rings. The van der Waals surface area contributed by atoms with Crippen LogP contribution in [-0.2, 0) is 16.0 Å². The first-order valence-corrected chi connectivity index (χ1v) is 10.7. The lowest BCUT2D eigenvalue weighted by Crippen LogP contribution is -2.45. The van der Waals surface area contributed by atoms with Crippen LogP contribution in [0, 0.1) is 0 Å². The van der Waals surface area contributed by atoms with E-state index >= 15 is 0 Å². The largest absolute Gasteiger partial charge is 0.357 e. The quantitative estimate of drug-likeness (QED) is 0.231. The lowest BCUT2D eigenvalue weighted by molar-refractivity contribution is -0.131. The van der Waals surface area contributed by atoms with Crippen molar-refractivity contribution < 1.29 is 9.59 Å². The summed E-state index contributed by atoms with van der Waals surface area (Å²) in [6.07, 6.45) is 2.08. The molecule has 0 bridgehead atoms. The number of halogens is 1. The predicted molar refractivity (Wildman–Crippen MR) is 134 cm³/mol. The van der Waals surface area contributed by atoms with Gasteiger partial charge < -0.3 is 20.0 Å². The minimum Gasteiger partial charge on any atom is -0.357 e. The third-order valence-corrected chi connectivity index (χ3v) is 5.18. The van der Waals surface area contributed by atoms with Gasteiger partial charge in [-0.15, -0.1) is 24.0 Å². The minimum atomic E-state index is 0. The Bertz CT molecular complexity index is 721. The van der Waals surface area contributed by atoms with Crippen molar-refractivity contribution in [2.24, 2.45) is 4.99 Å². The summed E-state index contributed by atoms with van der Waals surface area (Å²) in [6.45, 7) is 9.71. The minimum absolute atomic E-state index is 0. The first-order chi connectivity index (χ1) is 14.0. The van der Waals surface area contributed by atoms with Gasteiger partial charge in [-0.1, -0.05) is 18.2 Å². The van der Waals surface area contributed by atoms with Crippen molar-refractivity contribution in [1.29, 1.82) is 0 Å². The van der Waals surface area contributed by atoms with E-state index in [4.69, 9.17) is 0 Å². The molecule has 1 aliphatic rings. The molecule has 0 spiro atoms. The van der Waals surface area contributed by atoms with E-state index in [9.17, 15) is 9.59 Å². The van der Waals surface area contributed by atoms with E-state index in [2.05, 4.69) is 16.4 Å². The number of guanidine groups is 1. The first kappa shape index (κ1) is 26.2. The fourth-order valence-electron chi connectivity index (χ4n) is 3.57. The molecular weight excluding hydrogens is 493 g/mol. The molecule has 0 saturated heterocycles. The van der Waals surface area contributed by atoms with Crippen LogP contribution in [-0.4, -0.2) is 73.9 Å². The van der Waals surface area contributed by atoms with Crippen molar-refractivity contribution in [2.45, 2.75) is 40.0 Å². The average Bonchev–Trinajstić information content (AvgIpc) is 3.15. The molecule has 1 N–H and O–H groups in total. The SMILES string of the molecule is CCNC(=NCCCC(=O)N1CCc2ccccc21)N(C)CC(=O)N(CC)CC.I. The number of fused-ring (bicyclic) bond motifs is 1. The number of anilines is 1. The van der Waals surface area contributed by atoms with E-state index in [-0.39, 0.29) is 42.3 Å². The van der Waals surface area contributed by atoms with Gasteiger partial charge in [-0.25, -0.2) is 0 Å². The number of carbonyl (C=O) groups excluding carboxylic acids is 2. The monoisotopic (exact) mass is 529 g/mol. The number of carbonyl (C=O) groups is 2. The summed E-state index contributed by atoms with van der Waals surface area (Å²) in [5, 5.41) is 3.23. The number of para-hydroxylation sites is 1. The highest BCUT2D eigenvalue weighted by Gasteiger charge is 2.23. The van der Waals surface area contributed by atoms with E-state index in [0.29, 0.717) is 38.4 Å². The van der Waals surface area contributed by atoms with E-state index in [1.54, 1.807) is 0 Å². The number of amides is 2. The van der Waals surface area contributed by atoms with E-state index in [0.717, 1.165) is 25.2 Å². The van der Waals surface area contributed by atoms with Crippen LogP contribution in [0.3, 0.4) is 0 Å². The van der Waals surface area contributed by atoms with E-state index in [1.165, 1.54) is 5.56 Å². The van der Waals surface area contributed by atoms with Crippen LogP contribution in [0.15, 0.2) is 29.3 Å². The van der Waals surface area contributed by atoms with Crippen LogP contribution < -0.4 is 10.2 Å². The number of nitrogens with zero attached hydrogens (tertiary/aromatic N) is 4. The molecule has 1 aliphatic heterocycles. The van der Waals surface area contributed by atoms with Gasteiger partial charge in [-0.3, -0.25) is 14.6 Å². The van der Waals surface area contributed by atoms with E-state index < -0.39 is 0 Å². The molecule has 0 radical (unpaired) electrons. The molecule has 0 aromatic heterocycles. The van der Waals surface area contributed by atoms with Gasteiger partial charge in [0.25, 0.3) is 0 Å². The summed E-state index contributed by atoms with van der Waals surface area (Å²) in [5.74, 6) is 0.943. The normalized spacial score (nSPS) is 12.8. The maximum atomic E-state index is 12.6. The molecule has 1 aromatic rings. The number of nitrogens with one attached hydrogen (secondary N) is 1. The van der Waals surface area contributed by atoms with Crippen LogP contribution in [0.1, 0.15) is 39.2 Å². The summed E-state index contributed by atoms with van der Waals surface area (Å²) in [4.78, 5) is 35.1. The van der Waals surface area contributed by atoms with Gasteiger partial charge >= 0.3 is 0 Å². The number of hydrogen-bond donors (Lipinski definition) is 1. The van der Waals surface area contributed by atoms with Crippen molar-refractivity contribution >= 4 is 47.4 Å². The third-order valence-electron chi connectivity index (χ3n) is 5.18. The van der Waals surface area contributed by atoms with Crippen molar-refractivity contribution in [1.82, 2.24) is 15.1 Å². The zero-order valence-electron chi connectivity index (χ0n) is 18.7. The lowest BCUT2D eigenvalue weighted by atomic mass is 10.2. The Morgan fingerprint density at radius 1 is 1.17 bits per heavy atom. The second-order valence-electron chi connectivity index (χ2n) is 7.19. The summed E-state index contributed by atoms with van der Waals surface area (Å²) < 4.78 is 0. The Kier molecular flexibility index (Phi) is 11.8. The fourth-order valence-corrected chi connectivity index (χ4v) is 3.57. The fraction of sp³-hybridized carbons (Fsp3) is 0.591. The maximum absolute atomic E-state index is 12.6. The number of aliphatic imine (C=N–C) groups is 1. The Hall–Kier alpha value is -1.84. The molecule has 0 unspecified atom stereocenters. The molecular formula is C22H36IN5O2. The summed E-state index contributed by atoms with van der Waals surface area (Å²) >= 11 is 0. The van der Waals surface area contributed by atoms with Gasteiger partial charge in [0, 0.05) is 51.9 Å². The summed E-state index contributed by atoms with van der Waals surface area (Å²) in [5.41, 5.74) is 2.29. The van der Waals surface area contributed by atoms with Crippen LogP contribution in [0.5, 0.6) is 0 Å². The zero-order chi connectivity index (χ0) is 21.2. The van der Waals surface area contributed by atoms with Gasteiger partial charge in [0.15, 0.2) is 5.96 Å². The van der Waals surface area contributed by atoms with Gasteiger partial charge in [-0.2, -0.15) is 0 Å². The molecule has 0 atom stereocenters. The van der Waals surface area contributed by atoms with Crippen LogP contribution in [0.2, 0.25) is 0 Å². The maximum Gasteiger partial charge on any atom is 0.242 e. The van der Waals surface area contributed by atoms with Crippen LogP contribution in [0.25, 0.3) is 0 Å². The molecule has 0 saturated carbocycles. The highest BCUT2D eigenvalue weighted by atomic mass is 127. The topological polar surface area (TPSA) is 68.2 Å². The standard InChI is InChI=1S/C22H35N5O2.HI/c1-5-23-22(25(4)17-21(29)26(6-2)7-3)24-15-10-13-20(28)27-16-14-18-11-8-9-12-19(18)27;/h8-9,11-12H,5-7,10,13-17H2,1-4H3,(H,23,24);1H. The molecule has 2 amide bonds. The van der Waals surface area contributed by atoms with Crippen molar-refractivity contribution in [3.05, 3.63) is 29.8 Å². The number of hydrogen-bond acceptors (Lipinski definition) is 3. The Morgan fingerprint density at radius 3 is 2.53 bits per heavy atom. The van der Waals surface area contributed by atoms with Gasteiger partial charge in [0.05, 0.1) is 6.54 Å². The molecule has 1 heterocycles. The van der Waals surface area contributed by atoms with Crippen molar-refractivity contribution in [2.75, 3.05) is 51.2 Å². The van der Waals surface area contributed by atoms with Gasteiger partial charge in [0.2, 0.25) is 11.8 Å². The average molecular weight is 529 g/mol. The number of rotatable bonds is 9. The second-order valence-corrected chi connectivity index (χ2v) is 7.19. The molecule has 168 valence electrons. The highest BCUT2D eigenvalue weighted by molar-refractivity contribution is 14.0. The van der Waals surface area contributed by atoms with Crippen molar-refractivity contribution in [3.63, 3.8) is 0 Å². The number of benzene rings is 1. The van der Waals surface area contributed by atoms with Crippen molar-refractivity contribution in [3.8, 4) is 0 Å². The highest BCUT2D eigenvalue weighted by Crippen LogP contribution is 2.27. The summed E-state index contributed by atoms with van der Waals surface area (Å²) in [6, 6.07) is 8.10. The molecule has 8 heteroatoms. The molecule has 7 nitrogen and oxygen atoms in total. The molecule has 0 aliphatic carbocycles. The molecule has 2 rings (SSSR count). The van der Waals surface area contributed by atoms with E-state index in [1.807, 2.05) is 60.7 Å². The second kappa shape index (κ2) is 13.5. The predicted octanol–water partition coefficient (Wildman–Crippen LogP) is 2.74. The molecule has 1 aromatic carbocycles. The number of likely N-dealkylation sites (N-methyl/N-ethyl adjacent to an activating group) is 2. The summed E-state index contributed by atoms with van der Waals surface area (Å²) in [7, 11) is 1.87. The smallest absolute Gasteiger partial charge is 0.242 e. The Morgan fingerprint density at radius 2 is 1.87 bits per heavy atom. The Balaban J connectivity index is 0.00000450. The van der Waals surface area contributed by atoms with Crippen LogP contribution >= 0.6 is 24.0 Å².